The molecular formula is C25H39FN2O6. The summed E-state index contributed by atoms with van der Waals surface area (Å²) in [4.78, 5) is 14.4. The molecule has 0 aromatic heterocycles. The van der Waals surface area contributed by atoms with Gasteiger partial charge in [-0.25, -0.2) is 9.18 Å². The van der Waals surface area contributed by atoms with E-state index in [9.17, 15) is 14.3 Å². The number of carbonyl (C=O) groups is 1. The van der Waals surface area contributed by atoms with Crippen LogP contribution in [0.3, 0.4) is 0 Å². The molecule has 0 unspecified atom stereocenters. The lowest BCUT2D eigenvalue weighted by Crippen LogP contribution is -2.61. The van der Waals surface area contributed by atoms with Gasteiger partial charge < -0.3 is 29.8 Å². The normalized spacial score (nSPS) is 22.9. The Hall–Kier alpha value is -1.94. The van der Waals surface area contributed by atoms with Crippen molar-refractivity contribution < 1.29 is 33.2 Å². The van der Waals surface area contributed by atoms with Crippen LogP contribution in [0.5, 0.6) is 5.75 Å². The number of aliphatic hydroxyl groups excluding tert-OH is 1. The molecule has 8 nitrogen and oxygen atoms in total. The molecule has 1 amide bonds. The van der Waals surface area contributed by atoms with Gasteiger partial charge in [0.05, 0.1) is 38.5 Å². The van der Waals surface area contributed by atoms with Crippen molar-refractivity contribution in [2.45, 2.75) is 83.5 Å². The number of carbonyl (C=O) groups excluding carboxylic acids is 1. The molecular weight excluding hydrogens is 443 g/mol. The average Bonchev–Trinajstić information content (AvgIpc) is 3.58. The number of hydrogen-bond acceptors (Lipinski definition) is 7. The van der Waals surface area contributed by atoms with Crippen molar-refractivity contribution in [2.24, 2.45) is 11.7 Å². The molecule has 9 heteroatoms. The molecule has 34 heavy (non-hydrogen) atoms. The van der Waals surface area contributed by atoms with Crippen LogP contribution in [0, 0.1) is 11.7 Å². The molecule has 0 radical (unpaired) electrons. The largest absolute Gasteiger partial charge is 0.493 e. The number of benzene rings is 1. The Balaban J connectivity index is 1.68. The first-order valence-electron chi connectivity index (χ1n) is 12.1. The van der Waals surface area contributed by atoms with Crippen LogP contribution in [0.1, 0.15) is 52.5 Å². The van der Waals surface area contributed by atoms with Gasteiger partial charge in [-0.05, 0) is 70.1 Å². The van der Waals surface area contributed by atoms with Crippen LogP contribution in [0.4, 0.5) is 9.18 Å². The highest BCUT2D eigenvalue weighted by atomic mass is 19.1. The molecule has 1 aromatic rings. The van der Waals surface area contributed by atoms with E-state index < -0.39 is 42.0 Å². The van der Waals surface area contributed by atoms with E-state index in [4.69, 9.17) is 24.7 Å². The molecule has 1 aromatic carbocycles. The van der Waals surface area contributed by atoms with Crippen LogP contribution >= 0.6 is 0 Å². The number of ether oxygens (including phenoxy) is 4. The first-order valence-corrected chi connectivity index (χ1v) is 12.1. The van der Waals surface area contributed by atoms with Crippen LogP contribution < -0.4 is 10.5 Å². The number of halogens is 1. The number of hydrogen-bond donors (Lipinski definition) is 2. The highest BCUT2D eigenvalue weighted by molar-refractivity contribution is 5.69. The van der Waals surface area contributed by atoms with Crippen molar-refractivity contribution >= 4 is 6.09 Å². The lowest BCUT2D eigenvalue weighted by molar-refractivity contribution is -0.203. The number of nitrogens with zero attached hydrogens (tertiary/aromatic N) is 1. The predicted molar refractivity (Wildman–Crippen MR) is 125 cm³/mol. The quantitative estimate of drug-likeness (QED) is 0.528. The van der Waals surface area contributed by atoms with E-state index in [-0.39, 0.29) is 19.6 Å². The highest BCUT2D eigenvalue weighted by Crippen LogP contribution is 2.30. The minimum absolute atomic E-state index is 0.0530. The van der Waals surface area contributed by atoms with E-state index in [1.54, 1.807) is 26.8 Å². The first-order chi connectivity index (χ1) is 16.1. The molecule has 1 saturated carbocycles. The molecule has 3 N–H and O–H groups in total. The fourth-order valence-corrected chi connectivity index (χ4v) is 3.81. The molecule has 1 heterocycles. The van der Waals surface area contributed by atoms with Gasteiger partial charge in [0.25, 0.3) is 0 Å². The van der Waals surface area contributed by atoms with Gasteiger partial charge in [0.1, 0.15) is 17.2 Å². The van der Waals surface area contributed by atoms with Crippen molar-refractivity contribution in [3.63, 3.8) is 0 Å². The standard InChI is InChI=1S/C25H39FN2O6/c1-5-8-31-19-10-17(9-18(26)12-19)11-20(27)23(29)21-15-33-22(32-14-16-6-7-16)13-28(21)24(30)34-25(2,3)4/h9-10,12,16,20-23,29H,5-8,11,13-15,27H2,1-4H3/t20-,21+,22+,23-/m0/s1. The molecule has 0 bridgehead atoms. The van der Waals surface area contributed by atoms with Crippen molar-refractivity contribution in [3.8, 4) is 5.75 Å². The molecule has 0 spiro atoms. The van der Waals surface area contributed by atoms with Gasteiger partial charge in [-0.15, -0.1) is 0 Å². The molecule has 1 saturated heterocycles. The molecule has 3 rings (SSSR count). The topological polar surface area (TPSA) is 103 Å². The maximum Gasteiger partial charge on any atom is 0.410 e. The van der Waals surface area contributed by atoms with Gasteiger partial charge >= 0.3 is 6.09 Å². The molecule has 2 fully saturated rings. The molecule has 4 atom stereocenters. The monoisotopic (exact) mass is 482 g/mol. The van der Waals surface area contributed by atoms with Crippen molar-refractivity contribution in [3.05, 3.63) is 29.6 Å². The summed E-state index contributed by atoms with van der Waals surface area (Å²) in [6, 6.07) is 2.91. The summed E-state index contributed by atoms with van der Waals surface area (Å²) < 4.78 is 36.8. The maximum atomic E-state index is 14.1. The van der Waals surface area contributed by atoms with E-state index >= 15 is 0 Å². The van der Waals surface area contributed by atoms with Crippen LogP contribution in [0.25, 0.3) is 0 Å². The van der Waals surface area contributed by atoms with Crippen molar-refractivity contribution in [1.82, 2.24) is 4.90 Å². The van der Waals surface area contributed by atoms with Crippen LogP contribution in [0.2, 0.25) is 0 Å². The molecule has 2 aliphatic rings. The fourth-order valence-electron chi connectivity index (χ4n) is 3.81. The van der Waals surface area contributed by atoms with Crippen molar-refractivity contribution in [1.29, 1.82) is 0 Å². The van der Waals surface area contributed by atoms with Gasteiger partial charge in [0.15, 0.2) is 6.29 Å². The number of nitrogens with two attached hydrogens (primary N) is 1. The second kappa shape index (κ2) is 11.7. The van der Waals surface area contributed by atoms with Crippen LogP contribution in [0.15, 0.2) is 18.2 Å². The average molecular weight is 483 g/mol. The van der Waals surface area contributed by atoms with Gasteiger partial charge in [0, 0.05) is 12.1 Å². The van der Waals surface area contributed by atoms with Crippen LogP contribution in [-0.4, -0.2) is 72.5 Å². The smallest absolute Gasteiger partial charge is 0.410 e. The summed E-state index contributed by atoms with van der Waals surface area (Å²) >= 11 is 0. The Bertz CT molecular complexity index is 813. The number of amides is 1. The Morgan fingerprint density at radius 2 is 2.06 bits per heavy atom. The molecule has 192 valence electrons. The molecule has 1 aliphatic heterocycles. The zero-order valence-electron chi connectivity index (χ0n) is 20.7. The lowest BCUT2D eigenvalue weighted by atomic mass is 9.95. The van der Waals surface area contributed by atoms with Gasteiger partial charge in [0.2, 0.25) is 0 Å². The van der Waals surface area contributed by atoms with Gasteiger partial charge in [-0.1, -0.05) is 6.92 Å². The molecule has 1 aliphatic carbocycles. The summed E-state index contributed by atoms with van der Waals surface area (Å²) in [5.74, 6) is 0.538. The summed E-state index contributed by atoms with van der Waals surface area (Å²) in [5, 5.41) is 11.1. The lowest BCUT2D eigenvalue weighted by Gasteiger charge is -2.42. The third kappa shape index (κ3) is 8.08. The van der Waals surface area contributed by atoms with Gasteiger partial charge in [-0.3, -0.25) is 4.90 Å². The number of rotatable bonds is 10. The third-order valence-corrected chi connectivity index (χ3v) is 5.75. The maximum absolute atomic E-state index is 14.1. The third-order valence-electron chi connectivity index (χ3n) is 5.75. The van der Waals surface area contributed by atoms with E-state index in [1.165, 1.54) is 17.0 Å². The predicted octanol–water partition coefficient (Wildman–Crippen LogP) is 3.23. The number of morpholine rings is 1. The second-order valence-electron chi connectivity index (χ2n) is 10.2. The second-order valence-corrected chi connectivity index (χ2v) is 10.2. The van der Waals surface area contributed by atoms with Crippen LogP contribution in [-0.2, 0) is 20.6 Å². The van der Waals surface area contributed by atoms with Crippen molar-refractivity contribution in [2.75, 3.05) is 26.4 Å². The summed E-state index contributed by atoms with van der Waals surface area (Å²) in [5.41, 5.74) is 6.23. The number of aliphatic hydroxyl groups is 1. The van der Waals surface area contributed by atoms with E-state index in [2.05, 4.69) is 0 Å². The summed E-state index contributed by atoms with van der Waals surface area (Å²) in [6.45, 7) is 8.57. The minimum atomic E-state index is -1.12. The zero-order chi connectivity index (χ0) is 24.9. The van der Waals surface area contributed by atoms with E-state index in [1.807, 2.05) is 6.92 Å². The highest BCUT2D eigenvalue weighted by Gasteiger charge is 2.41. The van der Waals surface area contributed by atoms with E-state index in [0.717, 1.165) is 19.3 Å². The summed E-state index contributed by atoms with van der Waals surface area (Å²) in [7, 11) is 0. The Morgan fingerprint density at radius 3 is 2.71 bits per heavy atom. The Labute approximate surface area is 201 Å². The van der Waals surface area contributed by atoms with E-state index in [0.29, 0.717) is 30.4 Å². The first kappa shape index (κ1) is 26.7. The summed E-state index contributed by atoms with van der Waals surface area (Å²) in [6.07, 6.45) is 1.01. The zero-order valence-corrected chi connectivity index (χ0v) is 20.7. The Kier molecular flexibility index (Phi) is 9.14. The Morgan fingerprint density at radius 1 is 1.32 bits per heavy atom. The fraction of sp³-hybridized carbons (Fsp3) is 0.720. The minimum Gasteiger partial charge on any atom is -0.493 e. The van der Waals surface area contributed by atoms with Gasteiger partial charge in [-0.2, -0.15) is 0 Å². The SMILES string of the molecule is CCCOc1cc(F)cc(C[C@H](N)[C@H](O)[C@H]2CO[C@@H](OCC3CC3)CN2C(=O)OC(C)(C)C)c1.